The first-order valence-corrected chi connectivity index (χ1v) is 9.20. The highest BCUT2D eigenvalue weighted by molar-refractivity contribution is 8.14. The smallest absolute Gasteiger partial charge is 0.279 e. The summed E-state index contributed by atoms with van der Waals surface area (Å²) in [5.74, 6) is 0.805. The molecule has 2 rings (SSSR count). The zero-order valence-corrected chi connectivity index (χ0v) is 15.7. The molecule has 0 saturated heterocycles. The summed E-state index contributed by atoms with van der Waals surface area (Å²) in [7, 11) is 0. The maximum Gasteiger partial charge on any atom is 0.279 e. The molecule has 0 spiro atoms. The highest BCUT2D eigenvalue weighted by Gasteiger charge is 2.11. The van der Waals surface area contributed by atoms with Gasteiger partial charge in [0.05, 0.1) is 0 Å². The molecular formula is C16H21ClN6OS. The molecule has 0 saturated carbocycles. The molecular weight excluding hydrogens is 360 g/mol. The van der Waals surface area contributed by atoms with Crippen molar-refractivity contribution >= 4 is 40.5 Å². The lowest BCUT2D eigenvalue weighted by molar-refractivity contribution is 0.260. The second-order valence-electron chi connectivity index (χ2n) is 5.22. The Labute approximate surface area is 156 Å². The zero-order chi connectivity index (χ0) is 18.1. The summed E-state index contributed by atoms with van der Waals surface area (Å²) >= 11 is 7.10. The predicted molar refractivity (Wildman–Crippen MR) is 103 cm³/mol. The lowest BCUT2D eigenvalue weighted by atomic mass is 10.2. The van der Waals surface area contributed by atoms with Gasteiger partial charge in [-0.15, -0.1) is 0 Å². The Morgan fingerprint density at radius 2 is 1.84 bits per heavy atom. The van der Waals surface area contributed by atoms with Crippen molar-refractivity contribution in [3.8, 4) is 0 Å². The Kier molecular flexibility index (Phi) is 7.75. The largest absolute Gasteiger partial charge is 0.354 e. The van der Waals surface area contributed by atoms with Gasteiger partial charge in [-0.1, -0.05) is 49.0 Å². The standard InChI is InChI=1S/C16H21ClN6OS/c1-3-18-14-21-13(17)22-15(23-14)19-9-11(2)25-16(24)20-10-12-7-5-4-6-8-12/h4-8,11H,3,9-10H2,1-2H3,(H,20,24)(H2,18,19,21,22,23). The molecule has 7 nitrogen and oxygen atoms in total. The van der Waals surface area contributed by atoms with Crippen molar-refractivity contribution in [2.75, 3.05) is 23.7 Å². The van der Waals surface area contributed by atoms with Crippen molar-refractivity contribution in [3.63, 3.8) is 0 Å². The molecule has 9 heteroatoms. The van der Waals surface area contributed by atoms with Crippen LogP contribution in [0.4, 0.5) is 16.7 Å². The fraction of sp³-hybridized carbons (Fsp3) is 0.375. The maximum atomic E-state index is 12.0. The van der Waals surface area contributed by atoms with Crippen molar-refractivity contribution in [1.29, 1.82) is 0 Å². The van der Waals surface area contributed by atoms with E-state index in [1.54, 1.807) is 0 Å². The number of nitrogens with zero attached hydrogens (tertiary/aromatic N) is 3. The summed E-state index contributed by atoms with van der Waals surface area (Å²) in [5.41, 5.74) is 1.07. The normalized spacial score (nSPS) is 11.6. The summed E-state index contributed by atoms with van der Waals surface area (Å²) in [4.78, 5) is 24.2. The number of carbonyl (C=O) groups is 1. The topological polar surface area (TPSA) is 91.8 Å². The number of hydrogen-bond acceptors (Lipinski definition) is 7. The van der Waals surface area contributed by atoms with Gasteiger partial charge in [0.2, 0.25) is 17.2 Å². The van der Waals surface area contributed by atoms with Crippen LogP contribution in [-0.4, -0.2) is 38.5 Å². The highest BCUT2D eigenvalue weighted by atomic mass is 35.5. The van der Waals surface area contributed by atoms with Crippen LogP contribution < -0.4 is 16.0 Å². The Balaban J connectivity index is 1.76. The number of carbonyl (C=O) groups excluding carboxylic acids is 1. The number of hydrogen-bond donors (Lipinski definition) is 3. The Hall–Kier alpha value is -2.06. The molecule has 134 valence electrons. The van der Waals surface area contributed by atoms with E-state index in [-0.39, 0.29) is 15.8 Å². The van der Waals surface area contributed by atoms with Crippen molar-refractivity contribution in [2.24, 2.45) is 0 Å². The van der Waals surface area contributed by atoms with Crippen molar-refractivity contribution in [2.45, 2.75) is 25.6 Å². The van der Waals surface area contributed by atoms with Crippen molar-refractivity contribution in [3.05, 3.63) is 41.2 Å². The molecule has 1 aromatic carbocycles. The van der Waals surface area contributed by atoms with Crippen molar-refractivity contribution in [1.82, 2.24) is 20.3 Å². The van der Waals surface area contributed by atoms with Gasteiger partial charge in [-0.2, -0.15) is 15.0 Å². The van der Waals surface area contributed by atoms with Gasteiger partial charge in [-0.05, 0) is 24.1 Å². The average Bonchev–Trinajstić information content (AvgIpc) is 2.59. The zero-order valence-electron chi connectivity index (χ0n) is 14.1. The van der Waals surface area contributed by atoms with Gasteiger partial charge in [-0.25, -0.2) is 0 Å². The van der Waals surface area contributed by atoms with E-state index in [9.17, 15) is 4.79 Å². The van der Waals surface area contributed by atoms with Crippen LogP contribution in [0.1, 0.15) is 19.4 Å². The molecule has 1 heterocycles. The molecule has 0 aliphatic heterocycles. The quantitative estimate of drug-likeness (QED) is 0.646. The molecule has 2 aromatic rings. The summed E-state index contributed by atoms with van der Waals surface area (Å²) in [5, 5.41) is 9.03. The summed E-state index contributed by atoms with van der Waals surface area (Å²) < 4.78 is 0. The van der Waals surface area contributed by atoms with E-state index in [2.05, 4.69) is 30.9 Å². The van der Waals surface area contributed by atoms with Gasteiger partial charge >= 0.3 is 0 Å². The number of nitrogens with one attached hydrogen (secondary N) is 3. The van der Waals surface area contributed by atoms with Crippen LogP contribution in [0, 0.1) is 0 Å². The summed E-state index contributed by atoms with van der Waals surface area (Å²) in [6, 6.07) is 9.79. The van der Waals surface area contributed by atoms with Crippen LogP contribution in [-0.2, 0) is 6.54 Å². The Bertz CT molecular complexity index is 688. The molecule has 1 aromatic heterocycles. The molecule has 1 atom stereocenters. The number of benzene rings is 1. The average molecular weight is 381 g/mol. The molecule has 1 unspecified atom stereocenters. The second-order valence-corrected chi connectivity index (χ2v) is 6.97. The SMILES string of the molecule is CCNc1nc(Cl)nc(NCC(C)SC(=O)NCc2ccccc2)n1. The number of anilines is 2. The van der Waals surface area contributed by atoms with E-state index in [4.69, 9.17) is 11.6 Å². The molecule has 0 radical (unpaired) electrons. The number of amides is 1. The first kappa shape index (κ1) is 19.3. The van der Waals surface area contributed by atoms with Gasteiger partial charge in [0, 0.05) is 24.9 Å². The van der Waals surface area contributed by atoms with Gasteiger partial charge in [0.1, 0.15) is 0 Å². The monoisotopic (exact) mass is 380 g/mol. The minimum Gasteiger partial charge on any atom is -0.354 e. The Morgan fingerprint density at radius 1 is 1.16 bits per heavy atom. The molecule has 0 bridgehead atoms. The van der Waals surface area contributed by atoms with Gasteiger partial charge in [0.15, 0.2) is 0 Å². The third-order valence-corrected chi connectivity index (χ3v) is 4.18. The highest BCUT2D eigenvalue weighted by Crippen LogP contribution is 2.14. The van der Waals surface area contributed by atoms with Crippen molar-refractivity contribution < 1.29 is 4.79 Å². The van der Waals surface area contributed by atoms with E-state index in [0.29, 0.717) is 31.5 Å². The van der Waals surface area contributed by atoms with Crippen LogP contribution in [0.25, 0.3) is 0 Å². The van der Waals surface area contributed by atoms with Gasteiger partial charge in [0.25, 0.3) is 5.24 Å². The van der Waals surface area contributed by atoms with Crippen LogP contribution in [0.3, 0.4) is 0 Å². The molecule has 0 fully saturated rings. The van der Waals surface area contributed by atoms with E-state index in [1.165, 1.54) is 11.8 Å². The van der Waals surface area contributed by atoms with Crippen LogP contribution >= 0.6 is 23.4 Å². The van der Waals surface area contributed by atoms with Crippen LogP contribution in [0.2, 0.25) is 5.28 Å². The lowest BCUT2D eigenvalue weighted by Crippen LogP contribution is -2.23. The van der Waals surface area contributed by atoms with E-state index in [1.807, 2.05) is 44.2 Å². The number of thioether (sulfide) groups is 1. The third kappa shape index (κ3) is 7.15. The fourth-order valence-corrected chi connectivity index (χ4v) is 2.79. The minimum absolute atomic E-state index is 0.0360. The summed E-state index contributed by atoms with van der Waals surface area (Å²) in [6.07, 6.45) is 0. The van der Waals surface area contributed by atoms with E-state index >= 15 is 0 Å². The lowest BCUT2D eigenvalue weighted by Gasteiger charge is -2.13. The van der Waals surface area contributed by atoms with Crippen LogP contribution in [0.5, 0.6) is 0 Å². The molecule has 1 amide bonds. The van der Waals surface area contributed by atoms with Gasteiger partial charge in [-0.3, -0.25) is 4.79 Å². The van der Waals surface area contributed by atoms with Crippen LogP contribution in [0.15, 0.2) is 30.3 Å². The number of aromatic nitrogens is 3. The fourth-order valence-electron chi connectivity index (χ4n) is 1.94. The molecule has 0 aliphatic carbocycles. The Morgan fingerprint density at radius 3 is 2.52 bits per heavy atom. The molecule has 25 heavy (non-hydrogen) atoms. The maximum absolute atomic E-state index is 12.0. The number of halogens is 1. The molecule has 3 N–H and O–H groups in total. The number of rotatable bonds is 8. The summed E-state index contributed by atoms with van der Waals surface area (Å²) in [6.45, 7) is 5.62. The molecule has 0 aliphatic rings. The first-order valence-electron chi connectivity index (χ1n) is 7.94. The third-order valence-electron chi connectivity index (χ3n) is 3.08. The minimum atomic E-state index is -0.0693. The van der Waals surface area contributed by atoms with Gasteiger partial charge < -0.3 is 16.0 Å². The predicted octanol–water partition coefficient (Wildman–Crippen LogP) is 3.40. The van der Waals surface area contributed by atoms with E-state index < -0.39 is 0 Å². The first-order chi connectivity index (χ1) is 12.1. The van der Waals surface area contributed by atoms with E-state index in [0.717, 1.165) is 5.56 Å². The second kappa shape index (κ2) is 10.0.